The lowest BCUT2D eigenvalue weighted by Crippen LogP contribution is -2.44. The third kappa shape index (κ3) is 3.07. The molecule has 0 bridgehead atoms. The second-order valence-corrected chi connectivity index (χ2v) is 7.81. The van der Waals surface area contributed by atoms with Gasteiger partial charge in [0, 0.05) is 23.8 Å². The standard InChI is InChI=1S/C19H22ClN3O2/c1-23-11-13(10-21-23)17(12-8-16(24)9-12)22-18(25)19(6-7-19)14-2-4-15(20)5-3-14/h2-5,10-12,16-17,24H,6-9H2,1H3,(H,22,25)/t12?,16?,17-/m1/s1. The Hall–Kier alpha value is -1.85. The Labute approximate surface area is 152 Å². The molecule has 5 nitrogen and oxygen atoms in total. The molecule has 2 aromatic rings. The van der Waals surface area contributed by atoms with Gasteiger partial charge in [0.15, 0.2) is 0 Å². The van der Waals surface area contributed by atoms with Gasteiger partial charge < -0.3 is 10.4 Å². The number of aromatic nitrogens is 2. The maximum Gasteiger partial charge on any atom is 0.231 e. The van der Waals surface area contributed by atoms with Crippen LogP contribution >= 0.6 is 11.6 Å². The number of amides is 1. The quantitative estimate of drug-likeness (QED) is 0.862. The molecule has 0 radical (unpaired) electrons. The lowest BCUT2D eigenvalue weighted by Gasteiger charge is -2.38. The Bertz CT molecular complexity index is 776. The van der Waals surface area contributed by atoms with Gasteiger partial charge in [-0.3, -0.25) is 9.48 Å². The summed E-state index contributed by atoms with van der Waals surface area (Å²) >= 11 is 5.98. The fourth-order valence-electron chi connectivity index (χ4n) is 3.80. The minimum Gasteiger partial charge on any atom is -0.393 e. The first kappa shape index (κ1) is 16.6. The van der Waals surface area contributed by atoms with Gasteiger partial charge in [0.25, 0.3) is 0 Å². The molecule has 6 heteroatoms. The molecule has 1 aromatic heterocycles. The van der Waals surface area contributed by atoms with Crippen molar-refractivity contribution in [3.05, 3.63) is 52.8 Å². The molecule has 1 aromatic carbocycles. The van der Waals surface area contributed by atoms with Crippen molar-refractivity contribution in [1.82, 2.24) is 15.1 Å². The lowest BCUT2D eigenvalue weighted by atomic mass is 9.75. The highest BCUT2D eigenvalue weighted by Crippen LogP contribution is 2.49. The maximum atomic E-state index is 13.1. The van der Waals surface area contributed by atoms with E-state index in [0.29, 0.717) is 17.9 Å². The molecule has 0 saturated heterocycles. The number of hydrogen-bond acceptors (Lipinski definition) is 3. The van der Waals surface area contributed by atoms with Crippen molar-refractivity contribution in [1.29, 1.82) is 0 Å². The van der Waals surface area contributed by atoms with Crippen LogP contribution in [0.2, 0.25) is 5.02 Å². The number of benzene rings is 1. The number of carbonyl (C=O) groups is 1. The second kappa shape index (κ2) is 6.15. The van der Waals surface area contributed by atoms with Crippen LogP contribution in [0.4, 0.5) is 0 Å². The van der Waals surface area contributed by atoms with Gasteiger partial charge in [-0.15, -0.1) is 0 Å². The van der Waals surface area contributed by atoms with Crippen LogP contribution in [0, 0.1) is 5.92 Å². The smallest absolute Gasteiger partial charge is 0.231 e. The van der Waals surface area contributed by atoms with Crippen LogP contribution in [-0.4, -0.2) is 26.9 Å². The lowest BCUT2D eigenvalue weighted by molar-refractivity contribution is -0.125. The van der Waals surface area contributed by atoms with Gasteiger partial charge in [-0.2, -0.15) is 5.10 Å². The summed E-state index contributed by atoms with van der Waals surface area (Å²) in [6, 6.07) is 7.47. The molecule has 25 heavy (non-hydrogen) atoms. The summed E-state index contributed by atoms with van der Waals surface area (Å²) < 4.78 is 1.75. The summed E-state index contributed by atoms with van der Waals surface area (Å²) in [5.74, 6) is 0.314. The van der Waals surface area contributed by atoms with Crippen molar-refractivity contribution in [3.8, 4) is 0 Å². The van der Waals surface area contributed by atoms with Gasteiger partial charge in [0.1, 0.15) is 0 Å². The zero-order valence-corrected chi connectivity index (χ0v) is 14.9. The van der Waals surface area contributed by atoms with Crippen molar-refractivity contribution in [2.45, 2.75) is 43.2 Å². The minimum absolute atomic E-state index is 0.0602. The van der Waals surface area contributed by atoms with Gasteiger partial charge in [0.05, 0.1) is 23.8 Å². The van der Waals surface area contributed by atoms with Crippen molar-refractivity contribution >= 4 is 17.5 Å². The van der Waals surface area contributed by atoms with E-state index in [1.54, 1.807) is 10.9 Å². The highest BCUT2D eigenvalue weighted by Gasteiger charge is 2.52. The van der Waals surface area contributed by atoms with E-state index in [1.807, 2.05) is 37.5 Å². The molecule has 1 heterocycles. The number of nitrogens with zero attached hydrogens (tertiary/aromatic N) is 2. The zero-order chi connectivity index (χ0) is 17.6. The van der Waals surface area contributed by atoms with E-state index >= 15 is 0 Å². The SMILES string of the molecule is Cn1cc([C@H](NC(=O)C2(c3ccc(Cl)cc3)CC2)C2CC(O)C2)cn1. The summed E-state index contributed by atoms with van der Waals surface area (Å²) in [7, 11) is 1.87. The number of hydrogen-bond donors (Lipinski definition) is 2. The van der Waals surface area contributed by atoms with E-state index in [4.69, 9.17) is 11.6 Å². The van der Waals surface area contributed by atoms with Crippen LogP contribution in [0.15, 0.2) is 36.7 Å². The first-order chi connectivity index (χ1) is 12.0. The fraction of sp³-hybridized carbons (Fsp3) is 0.474. The Morgan fingerprint density at radius 3 is 2.56 bits per heavy atom. The highest BCUT2D eigenvalue weighted by molar-refractivity contribution is 6.30. The predicted molar refractivity (Wildman–Crippen MR) is 95.2 cm³/mol. The van der Waals surface area contributed by atoms with Crippen molar-refractivity contribution < 1.29 is 9.90 Å². The number of halogens is 1. The molecule has 4 rings (SSSR count). The first-order valence-electron chi connectivity index (χ1n) is 8.71. The number of rotatable bonds is 5. The fourth-order valence-corrected chi connectivity index (χ4v) is 3.92. The number of aliphatic hydroxyl groups excluding tert-OH is 1. The summed E-state index contributed by atoms with van der Waals surface area (Å²) in [6.45, 7) is 0. The van der Waals surface area contributed by atoms with Crippen LogP contribution in [0.25, 0.3) is 0 Å². The van der Waals surface area contributed by atoms with Crippen LogP contribution in [-0.2, 0) is 17.3 Å². The van der Waals surface area contributed by atoms with Gasteiger partial charge in [-0.05, 0) is 49.3 Å². The highest BCUT2D eigenvalue weighted by atomic mass is 35.5. The van der Waals surface area contributed by atoms with Gasteiger partial charge >= 0.3 is 0 Å². The van der Waals surface area contributed by atoms with E-state index in [9.17, 15) is 9.90 Å². The Balaban J connectivity index is 1.55. The van der Waals surface area contributed by atoms with Crippen molar-refractivity contribution in [3.63, 3.8) is 0 Å². The molecule has 1 amide bonds. The monoisotopic (exact) mass is 359 g/mol. The molecular weight excluding hydrogens is 338 g/mol. The third-order valence-corrected chi connectivity index (χ3v) is 5.83. The van der Waals surface area contributed by atoms with Gasteiger partial charge in [-0.1, -0.05) is 23.7 Å². The van der Waals surface area contributed by atoms with Crippen molar-refractivity contribution in [2.24, 2.45) is 13.0 Å². The van der Waals surface area contributed by atoms with Gasteiger partial charge in [0.2, 0.25) is 5.91 Å². The Kier molecular flexibility index (Phi) is 4.08. The largest absolute Gasteiger partial charge is 0.393 e. The molecule has 2 aliphatic rings. The number of aliphatic hydroxyl groups is 1. The summed E-state index contributed by atoms with van der Waals surface area (Å²) in [6.07, 6.45) is 6.63. The normalized spacial score (nSPS) is 25.1. The van der Waals surface area contributed by atoms with E-state index < -0.39 is 5.41 Å². The van der Waals surface area contributed by atoms with Gasteiger partial charge in [-0.25, -0.2) is 0 Å². The Morgan fingerprint density at radius 1 is 1.36 bits per heavy atom. The predicted octanol–water partition coefficient (Wildman–Crippen LogP) is 2.73. The molecule has 0 aliphatic heterocycles. The second-order valence-electron chi connectivity index (χ2n) is 7.37. The summed E-state index contributed by atoms with van der Waals surface area (Å²) in [4.78, 5) is 13.1. The molecule has 0 unspecified atom stereocenters. The molecule has 2 saturated carbocycles. The van der Waals surface area contributed by atoms with E-state index in [-0.39, 0.29) is 24.0 Å². The van der Waals surface area contributed by atoms with Crippen LogP contribution in [0.3, 0.4) is 0 Å². The Morgan fingerprint density at radius 2 is 2.04 bits per heavy atom. The molecule has 2 aliphatic carbocycles. The molecule has 1 atom stereocenters. The number of carbonyl (C=O) groups excluding carboxylic acids is 1. The molecule has 0 spiro atoms. The minimum atomic E-state index is -0.437. The average molecular weight is 360 g/mol. The maximum absolute atomic E-state index is 13.1. The van der Waals surface area contributed by atoms with E-state index in [1.165, 1.54) is 0 Å². The molecule has 2 N–H and O–H groups in total. The zero-order valence-electron chi connectivity index (χ0n) is 14.2. The van der Waals surface area contributed by atoms with E-state index in [0.717, 1.165) is 24.0 Å². The number of nitrogens with one attached hydrogen (secondary N) is 1. The summed E-state index contributed by atoms with van der Waals surface area (Å²) in [5.41, 5.74) is 1.58. The van der Waals surface area contributed by atoms with Crippen LogP contribution < -0.4 is 5.32 Å². The third-order valence-electron chi connectivity index (χ3n) is 5.57. The van der Waals surface area contributed by atoms with Crippen LogP contribution in [0.1, 0.15) is 42.9 Å². The molecule has 132 valence electrons. The average Bonchev–Trinajstić information content (AvgIpc) is 3.26. The van der Waals surface area contributed by atoms with Crippen LogP contribution in [0.5, 0.6) is 0 Å². The van der Waals surface area contributed by atoms with E-state index in [2.05, 4.69) is 10.4 Å². The van der Waals surface area contributed by atoms with Crippen molar-refractivity contribution in [2.75, 3.05) is 0 Å². The molecule has 2 fully saturated rings. The summed E-state index contributed by atoms with van der Waals surface area (Å²) in [5, 5.41) is 17.8. The molecular formula is C19H22ClN3O2. The topological polar surface area (TPSA) is 67.2 Å². The number of aryl methyl sites for hydroxylation is 1. The first-order valence-corrected chi connectivity index (χ1v) is 9.09.